The molecule has 0 saturated heterocycles. The van der Waals surface area contributed by atoms with E-state index in [1.54, 1.807) is 7.11 Å². The lowest BCUT2D eigenvalue weighted by atomic mass is 9.84. The lowest BCUT2D eigenvalue weighted by Gasteiger charge is -2.23. The largest absolute Gasteiger partial charge is 0.384 e. The summed E-state index contributed by atoms with van der Waals surface area (Å²) < 4.78 is 5.10. The summed E-state index contributed by atoms with van der Waals surface area (Å²) in [6, 6.07) is 0. The number of hydrogen-bond donors (Lipinski definition) is 0. The van der Waals surface area contributed by atoms with Crippen LogP contribution in [0.5, 0.6) is 0 Å². The smallest absolute Gasteiger partial charge is 0.141 e. The summed E-state index contributed by atoms with van der Waals surface area (Å²) in [6.45, 7) is 0.655. The molecule has 2 unspecified atom stereocenters. The molecule has 0 N–H and O–H groups in total. The Hall–Kier alpha value is -0.370. The quantitative estimate of drug-likeness (QED) is 0.600. The van der Waals surface area contributed by atoms with Crippen molar-refractivity contribution in [2.45, 2.75) is 25.7 Å². The Balaban J connectivity index is 2.16. The number of ketones is 1. The number of hydrogen-bond acceptors (Lipinski definition) is 2. The molecule has 0 heterocycles. The van der Waals surface area contributed by atoms with Gasteiger partial charge in [0.1, 0.15) is 5.78 Å². The maximum absolute atomic E-state index is 11.5. The average molecular weight is 154 g/mol. The van der Waals surface area contributed by atoms with Crippen LogP contribution < -0.4 is 0 Å². The predicted molar refractivity (Wildman–Crippen MR) is 41.3 cm³/mol. The molecule has 0 radical (unpaired) electrons. The summed E-state index contributed by atoms with van der Waals surface area (Å²) in [7, 11) is 1.69. The number of carbonyl (C=O) groups excluding carboxylic acids is 1. The van der Waals surface area contributed by atoms with Gasteiger partial charge in [-0.25, -0.2) is 0 Å². The number of methoxy groups -OCH3 is 1. The van der Waals surface area contributed by atoms with E-state index in [-0.39, 0.29) is 5.41 Å². The van der Waals surface area contributed by atoms with Crippen molar-refractivity contribution in [1.29, 1.82) is 0 Å². The van der Waals surface area contributed by atoms with Gasteiger partial charge in [-0.1, -0.05) is 0 Å². The maximum atomic E-state index is 11.5. The van der Waals surface area contributed by atoms with Crippen LogP contribution >= 0.6 is 0 Å². The molecule has 62 valence electrons. The second-order valence-electron chi connectivity index (χ2n) is 3.95. The van der Waals surface area contributed by atoms with E-state index in [1.165, 1.54) is 6.42 Å². The first-order valence-electron chi connectivity index (χ1n) is 4.29. The van der Waals surface area contributed by atoms with Crippen LogP contribution in [0.4, 0.5) is 0 Å². The zero-order valence-corrected chi connectivity index (χ0v) is 6.93. The highest BCUT2D eigenvalue weighted by Gasteiger charge is 2.51. The molecule has 0 spiro atoms. The van der Waals surface area contributed by atoms with Crippen LogP contribution in [0.15, 0.2) is 0 Å². The third kappa shape index (κ3) is 0.924. The fourth-order valence-electron chi connectivity index (χ4n) is 2.63. The molecule has 2 saturated carbocycles. The van der Waals surface area contributed by atoms with Gasteiger partial charge in [-0.2, -0.15) is 0 Å². The number of carbonyl (C=O) groups is 1. The van der Waals surface area contributed by atoms with Gasteiger partial charge in [0.05, 0.1) is 12.0 Å². The molecular formula is C9H14O2. The molecule has 2 rings (SSSR count). The Bertz CT molecular complexity index is 188. The van der Waals surface area contributed by atoms with Crippen molar-refractivity contribution < 1.29 is 9.53 Å². The van der Waals surface area contributed by atoms with Crippen LogP contribution in [0, 0.1) is 11.3 Å². The predicted octanol–water partition coefficient (Wildman–Crippen LogP) is 1.39. The normalized spacial score (nSPS) is 41.9. The molecule has 2 aliphatic rings. The summed E-state index contributed by atoms with van der Waals surface area (Å²) in [5.41, 5.74) is -0.0422. The van der Waals surface area contributed by atoms with E-state index < -0.39 is 0 Å². The van der Waals surface area contributed by atoms with Gasteiger partial charge in [-0.05, 0) is 25.2 Å². The highest BCUT2D eigenvalue weighted by Crippen LogP contribution is 2.51. The van der Waals surface area contributed by atoms with Crippen LogP contribution in [0.3, 0.4) is 0 Å². The fraction of sp³-hybridized carbons (Fsp3) is 0.889. The van der Waals surface area contributed by atoms with E-state index >= 15 is 0 Å². The molecule has 0 aromatic heterocycles. The zero-order valence-electron chi connectivity index (χ0n) is 6.93. The van der Waals surface area contributed by atoms with Gasteiger partial charge in [0.2, 0.25) is 0 Å². The van der Waals surface area contributed by atoms with Crippen molar-refractivity contribution in [1.82, 2.24) is 0 Å². The standard InChI is InChI=1S/C9H14O2/c1-11-6-9-3-2-7(5-9)4-8(9)10/h7H,2-6H2,1H3. The summed E-state index contributed by atoms with van der Waals surface area (Å²) in [6.07, 6.45) is 4.24. The Morgan fingerprint density at radius 3 is 3.00 bits per heavy atom. The molecule has 0 aromatic rings. The molecule has 11 heavy (non-hydrogen) atoms. The molecule has 0 amide bonds. The van der Waals surface area contributed by atoms with Crippen molar-refractivity contribution >= 4 is 5.78 Å². The van der Waals surface area contributed by atoms with Gasteiger partial charge in [0, 0.05) is 13.5 Å². The van der Waals surface area contributed by atoms with E-state index in [4.69, 9.17) is 4.74 Å². The topological polar surface area (TPSA) is 26.3 Å². The van der Waals surface area contributed by atoms with Gasteiger partial charge in [0.15, 0.2) is 0 Å². The van der Waals surface area contributed by atoms with Gasteiger partial charge < -0.3 is 4.74 Å². The first-order valence-corrected chi connectivity index (χ1v) is 4.29. The van der Waals surface area contributed by atoms with Crippen LogP contribution in [0.2, 0.25) is 0 Å². The van der Waals surface area contributed by atoms with Crippen molar-refractivity contribution in [3.8, 4) is 0 Å². The molecule has 2 nitrogen and oxygen atoms in total. The van der Waals surface area contributed by atoms with Crippen molar-refractivity contribution in [2.24, 2.45) is 11.3 Å². The average Bonchev–Trinajstić information content (AvgIpc) is 2.45. The van der Waals surface area contributed by atoms with Gasteiger partial charge >= 0.3 is 0 Å². The van der Waals surface area contributed by atoms with Crippen LogP contribution in [-0.2, 0) is 9.53 Å². The summed E-state index contributed by atoms with van der Waals surface area (Å²) in [5, 5.41) is 0. The van der Waals surface area contributed by atoms with Gasteiger partial charge in [-0.3, -0.25) is 4.79 Å². The van der Waals surface area contributed by atoms with Crippen molar-refractivity contribution in [3.05, 3.63) is 0 Å². The van der Waals surface area contributed by atoms with Crippen LogP contribution in [0.25, 0.3) is 0 Å². The molecule has 2 aliphatic carbocycles. The Morgan fingerprint density at radius 2 is 2.55 bits per heavy atom. The SMILES string of the molecule is COCC12CCC(CC1=O)C2. The Morgan fingerprint density at radius 1 is 1.73 bits per heavy atom. The number of Topliss-reactive ketones (excluding diaryl/α,β-unsaturated/α-hetero) is 1. The minimum Gasteiger partial charge on any atom is -0.384 e. The Kier molecular flexibility index (Phi) is 1.53. The van der Waals surface area contributed by atoms with E-state index in [2.05, 4.69) is 0 Å². The first kappa shape index (κ1) is 7.29. The molecule has 2 bridgehead atoms. The molecular weight excluding hydrogens is 140 g/mol. The minimum absolute atomic E-state index is 0.0422. The van der Waals surface area contributed by atoms with Gasteiger partial charge in [0.25, 0.3) is 0 Å². The maximum Gasteiger partial charge on any atom is 0.141 e. The van der Waals surface area contributed by atoms with Crippen LogP contribution in [-0.4, -0.2) is 19.5 Å². The Labute approximate surface area is 66.9 Å². The first-order chi connectivity index (χ1) is 5.27. The molecule has 0 aliphatic heterocycles. The molecule has 2 atom stereocenters. The van der Waals surface area contributed by atoms with Crippen LogP contribution in [0.1, 0.15) is 25.7 Å². The van der Waals surface area contributed by atoms with Crippen molar-refractivity contribution in [2.75, 3.05) is 13.7 Å². The zero-order chi connectivity index (χ0) is 7.90. The number of ether oxygens (including phenoxy) is 1. The third-order valence-corrected chi connectivity index (χ3v) is 3.20. The van der Waals surface area contributed by atoms with Gasteiger partial charge in [-0.15, -0.1) is 0 Å². The van der Waals surface area contributed by atoms with E-state index in [0.717, 1.165) is 19.3 Å². The molecule has 0 aromatic carbocycles. The highest BCUT2D eigenvalue weighted by atomic mass is 16.5. The second kappa shape index (κ2) is 2.31. The summed E-state index contributed by atoms with van der Waals surface area (Å²) >= 11 is 0. The lowest BCUT2D eigenvalue weighted by Crippen LogP contribution is -2.29. The lowest BCUT2D eigenvalue weighted by molar-refractivity contribution is -0.129. The second-order valence-corrected chi connectivity index (χ2v) is 3.95. The van der Waals surface area contributed by atoms with Crippen molar-refractivity contribution in [3.63, 3.8) is 0 Å². The van der Waals surface area contributed by atoms with E-state index in [0.29, 0.717) is 18.3 Å². The molecule has 2 heteroatoms. The fourth-order valence-corrected chi connectivity index (χ4v) is 2.63. The number of rotatable bonds is 2. The third-order valence-electron chi connectivity index (χ3n) is 3.20. The molecule has 2 fully saturated rings. The van der Waals surface area contributed by atoms with E-state index in [9.17, 15) is 4.79 Å². The minimum atomic E-state index is -0.0422. The monoisotopic (exact) mass is 154 g/mol. The highest BCUT2D eigenvalue weighted by molar-refractivity contribution is 5.88. The van der Waals surface area contributed by atoms with E-state index in [1.807, 2.05) is 0 Å². The summed E-state index contributed by atoms with van der Waals surface area (Å²) in [5.74, 6) is 1.15. The summed E-state index contributed by atoms with van der Waals surface area (Å²) in [4.78, 5) is 11.5. The number of fused-ring (bicyclic) bond motifs is 2.